The van der Waals surface area contributed by atoms with Crippen molar-refractivity contribution in [1.29, 1.82) is 0 Å². The SMILES string of the molecule is CCn1nc(Cc2ccccc2)nc1C1CCN(CC2CN(C(C(=O)O)C3CCCCC3)CC2c2ccccc2)CC1. The van der Waals surface area contributed by atoms with Crippen molar-refractivity contribution in [2.24, 2.45) is 11.8 Å². The van der Waals surface area contributed by atoms with Crippen LogP contribution in [0.1, 0.15) is 86.5 Å². The summed E-state index contributed by atoms with van der Waals surface area (Å²) in [7, 11) is 0. The molecule has 0 bridgehead atoms. The third kappa shape index (κ3) is 6.63. The summed E-state index contributed by atoms with van der Waals surface area (Å²) in [5, 5.41) is 15.2. The monoisotopic (exact) mass is 569 g/mol. The molecule has 1 saturated carbocycles. The number of carboxylic acid groups (broad SMARTS) is 1. The summed E-state index contributed by atoms with van der Waals surface area (Å²) in [6, 6.07) is 21.0. The Morgan fingerprint density at radius 1 is 0.929 bits per heavy atom. The van der Waals surface area contributed by atoms with E-state index in [1.807, 2.05) is 6.07 Å². The number of carboxylic acids is 1. The van der Waals surface area contributed by atoms with Crippen LogP contribution in [0.25, 0.3) is 0 Å². The van der Waals surface area contributed by atoms with Gasteiger partial charge in [-0.1, -0.05) is 79.9 Å². The molecule has 0 spiro atoms. The molecule has 7 heteroatoms. The molecule has 3 atom stereocenters. The van der Waals surface area contributed by atoms with Crippen LogP contribution in [0, 0.1) is 11.8 Å². The van der Waals surface area contributed by atoms with Crippen molar-refractivity contribution in [2.75, 3.05) is 32.7 Å². The second-order valence-corrected chi connectivity index (χ2v) is 12.9. The fourth-order valence-corrected chi connectivity index (χ4v) is 8.00. The Morgan fingerprint density at radius 3 is 2.29 bits per heavy atom. The number of aryl methyl sites for hydroxylation is 1. The zero-order valence-corrected chi connectivity index (χ0v) is 25.2. The van der Waals surface area contributed by atoms with Gasteiger partial charge in [-0.3, -0.25) is 9.69 Å². The van der Waals surface area contributed by atoms with Gasteiger partial charge in [0.05, 0.1) is 0 Å². The minimum Gasteiger partial charge on any atom is -0.480 e. The molecule has 2 saturated heterocycles. The summed E-state index contributed by atoms with van der Waals surface area (Å²) in [6.45, 7) is 7.87. The summed E-state index contributed by atoms with van der Waals surface area (Å²) in [5.41, 5.74) is 2.61. The molecule has 1 N–H and O–H groups in total. The first kappa shape index (κ1) is 29.1. The molecular weight excluding hydrogens is 522 g/mol. The third-order valence-electron chi connectivity index (χ3n) is 10.1. The maximum atomic E-state index is 12.6. The molecule has 3 heterocycles. The zero-order chi connectivity index (χ0) is 28.9. The predicted octanol–water partition coefficient (Wildman–Crippen LogP) is 5.82. The highest BCUT2D eigenvalue weighted by molar-refractivity contribution is 5.74. The fraction of sp³-hybridized carbons (Fsp3) is 0.571. The van der Waals surface area contributed by atoms with Crippen LogP contribution < -0.4 is 0 Å². The first-order valence-corrected chi connectivity index (χ1v) is 16.3. The van der Waals surface area contributed by atoms with Crippen LogP contribution in [0.2, 0.25) is 0 Å². The van der Waals surface area contributed by atoms with Crippen LogP contribution >= 0.6 is 0 Å². The molecule has 7 nitrogen and oxygen atoms in total. The highest BCUT2D eigenvalue weighted by Crippen LogP contribution is 2.39. The molecule has 42 heavy (non-hydrogen) atoms. The first-order valence-electron chi connectivity index (χ1n) is 16.3. The second kappa shape index (κ2) is 13.5. The van der Waals surface area contributed by atoms with Crippen LogP contribution in [-0.4, -0.2) is 74.4 Å². The highest BCUT2D eigenvalue weighted by atomic mass is 16.4. The lowest BCUT2D eigenvalue weighted by atomic mass is 9.83. The van der Waals surface area contributed by atoms with Crippen molar-refractivity contribution < 1.29 is 9.90 Å². The van der Waals surface area contributed by atoms with Gasteiger partial charge in [0, 0.05) is 44.4 Å². The van der Waals surface area contributed by atoms with Crippen molar-refractivity contribution in [3.63, 3.8) is 0 Å². The van der Waals surface area contributed by atoms with Crippen molar-refractivity contribution in [1.82, 2.24) is 24.6 Å². The number of aliphatic carboxylic acids is 1. The molecule has 3 unspecified atom stereocenters. The van der Waals surface area contributed by atoms with E-state index in [-0.39, 0.29) is 12.0 Å². The quantitative estimate of drug-likeness (QED) is 0.332. The van der Waals surface area contributed by atoms with Gasteiger partial charge in [-0.05, 0) is 68.7 Å². The van der Waals surface area contributed by atoms with Gasteiger partial charge >= 0.3 is 5.97 Å². The van der Waals surface area contributed by atoms with Gasteiger partial charge in [0.25, 0.3) is 0 Å². The number of likely N-dealkylation sites (tertiary alicyclic amines) is 2. The standard InChI is InChI=1S/C35H47N5O2/c1-2-40-34(36-32(37-40)22-26-12-6-3-7-13-26)29-18-20-38(21-19-29)23-30-24-39(25-31(30)27-14-8-4-9-15-27)33(35(41)42)28-16-10-5-11-17-28/h3-4,6-9,12-15,28-31,33H,2,5,10-11,16-25H2,1H3,(H,41,42). The Labute approximate surface area is 250 Å². The summed E-state index contributed by atoms with van der Waals surface area (Å²) >= 11 is 0. The van der Waals surface area contributed by atoms with Gasteiger partial charge < -0.3 is 10.0 Å². The van der Waals surface area contributed by atoms with E-state index in [2.05, 4.69) is 76.0 Å². The van der Waals surface area contributed by atoms with Crippen LogP contribution in [0.5, 0.6) is 0 Å². The highest BCUT2D eigenvalue weighted by Gasteiger charge is 2.43. The summed E-state index contributed by atoms with van der Waals surface area (Å²) in [5.74, 6) is 2.97. The molecule has 1 aliphatic carbocycles. The normalized spacial score (nSPS) is 23.7. The Hall–Kier alpha value is -3.03. The Bertz CT molecular complexity index is 1280. The molecule has 6 rings (SSSR count). The number of nitrogens with zero attached hydrogens (tertiary/aromatic N) is 5. The molecule has 224 valence electrons. The molecule has 0 amide bonds. The Kier molecular flexibility index (Phi) is 9.35. The van der Waals surface area contributed by atoms with E-state index < -0.39 is 5.97 Å². The molecule has 3 aliphatic rings. The van der Waals surface area contributed by atoms with E-state index in [0.29, 0.717) is 17.8 Å². The number of carbonyl (C=O) groups is 1. The van der Waals surface area contributed by atoms with Gasteiger partial charge in [-0.25, -0.2) is 9.67 Å². The van der Waals surface area contributed by atoms with E-state index in [1.54, 1.807) is 0 Å². The lowest BCUT2D eigenvalue weighted by Crippen LogP contribution is -2.46. The van der Waals surface area contributed by atoms with Crippen LogP contribution in [-0.2, 0) is 17.8 Å². The molecule has 1 aromatic heterocycles. The van der Waals surface area contributed by atoms with Gasteiger partial charge in [0.15, 0.2) is 5.82 Å². The van der Waals surface area contributed by atoms with E-state index in [9.17, 15) is 9.90 Å². The lowest BCUT2D eigenvalue weighted by molar-refractivity contribution is -0.145. The van der Waals surface area contributed by atoms with Crippen LogP contribution in [0.4, 0.5) is 0 Å². The maximum Gasteiger partial charge on any atom is 0.321 e. The number of hydrogen-bond donors (Lipinski definition) is 1. The Morgan fingerprint density at radius 2 is 1.62 bits per heavy atom. The molecule has 3 fully saturated rings. The van der Waals surface area contributed by atoms with Crippen molar-refractivity contribution in [2.45, 2.75) is 82.7 Å². The third-order valence-corrected chi connectivity index (χ3v) is 10.1. The molecule has 0 radical (unpaired) electrons. The van der Waals surface area contributed by atoms with Gasteiger partial charge in [-0.15, -0.1) is 0 Å². The zero-order valence-electron chi connectivity index (χ0n) is 25.2. The number of rotatable bonds is 10. The summed E-state index contributed by atoms with van der Waals surface area (Å²) in [6.07, 6.45) is 8.65. The van der Waals surface area contributed by atoms with Crippen molar-refractivity contribution in [3.05, 3.63) is 83.4 Å². The van der Waals surface area contributed by atoms with E-state index >= 15 is 0 Å². The van der Waals surface area contributed by atoms with E-state index in [1.165, 1.54) is 30.4 Å². The fourth-order valence-electron chi connectivity index (χ4n) is 8.00. The second-order valence-electron chi connectivity index (χ2n) is 12.9. The largest absolute Gasteiger partial charge is 0.480 e. The van der Waals surface area contributed by atoms with Crippen molar-refractivity contribution in [3.8, 4) is 0 Å². The molecule has 2 aromatic carbocycles. The summed E-state index contributed by atoms with van der Waals surface area (Å²) < 4.78 is 2.12. The number of benzene rings is 2. The smallest absolute Gasteiger partial charge is 0.321 e. The maximum absolute atomic E-state index is 12.6. The summed E-state index contributed by atoms with van der Waals surface area (Å²) in [4.78, 5) is 22.6. The van der Waals surface area contributed by atoms with E-state index in [4.69, 9.17) is 10.1 Å². The predicted molar refractivity (Wildman–Crippen MR) is 166 cm³/mol. The Balaban J connectivity index is 1.12. The number of piperidine rings is 1. The number of aromatic nitrogens is 3. The average molecular weight is 570 g/mol. The molecular formula is C35H47N5O2. The van der Waals surface area contributed by atoms with Crippen LogP contribution in [0.15, 0.2) is 60.7 Å². The van der Waals surface area contributed by atoms with Gasteiger partial charge in [0.2, 0.25) is 0 Å². The number of hydrogen-bond acceptors (Lipinski definition) is 5. The van der Waals surface area contributed by atoms with Crippen LogP contribution in [0.3, 0.4) is 0 Å². The minimum absolute atomic E-state index is 0.282. The lowest BCUT2D eigenvalue weighted by Gasteiger charge is -2.35. The molecule has 3 aromatic rings. The van der Waals surface area contributed by atoms with E-state index in [0.717, 1.165) is 83.0 Å². The first-order chi connectivity index (χ1) is 20.6. The average Bonchev–Trinajstić information content (AvgIpc) is 3.63. The van der Waals surface area contributed by atoms with Crippen molar-refractivity contribution >= 4 is 5.97 Å². The van der Waals surface area contributed by atoms with Gasteiger partial charge in [-0.2, -0.15) is 5.10 Å². The molecule has 2 aliphatic heterocycles. The topological polar surface area (TPSA) is 74.5 Å². The van der Waals surface area contributed by atoms with Gasteiger partial charge in [0.1, 0.15) is 11.9 Å². The minimum atomic E-state index is -0.623.